The predicted molar refractivity (Wildman–Crippen MR) is 83.7 cm³/mol. The van der Waals surface area contributed by atoms with Gasteiger partial charge in [0.05, 0.1) is 16.9 Å². The van der Waals surface area contributed by atoms with Crippen LogP contribution in [-0.4, -0.2) is 13.7 Å². The molecule has 0 aliphatic rings. The molecule has 0 bridgehead atoms. The van der Waals surface area contributed by atoms with Crippen molar-refractivity contribution in [3.8, 4) is 11.5 Å². The first-order chi connectivity index (χ1) is 9.99. The normalized spacial score (nSPS) is 12.3. The molecular weight excluding hydrogens is 364 g/mol. The van der Waals surface area contributed by atoms with Crippen molar-refractivity contribution in [1.82, 2.24) is 0 Å². The van der Waals surface area contributed by atoms with Crippen LogP contribution in [0.2, 0.25) is 0 Å². The number of nitrogens with one attached hydrogen (secondary N) is 1. The van der Waals surface area contributed by atoms with Crippen molar-refractivity contribution in [2.45, 2.75) is 19.6 Å². The second-order valence-corrected chi connectivity index (χ2v) is 6.75. The third-order valence-electron chi connectivity index (χ3n) is 2.78. The fourth-order valence-electron chi connectivity index (χ4n) is 1.84. The van der Waals surface area contributed by atoms with Gasteiger partial charge in [0, 0.05) is 16.6 Å². The molecule has 114 valence electrons. The lowest BCUT2D eigenvalue weighted by molar-refractivity contribution is -0.0511. The van der Waals surface area contributed by atoms with Crippen LogP contribution in [-0.2, 0) is 0 Å². The number of anilines is 1. The van der Waals surface area contributed by atoms with E-state index in [2.05, 4.69) is 26.0 Å². The highest BCUT2D eigenvalue weighted by Crippen LogP contribution is 2.34. The van der Waals surface area contributed by atoms with E-state index in [1.54, 1.807) is 23.5 Å². The third kappa shape index (κ3) is 4.31. The maximum Gasteiger partial charge on any atom is 0.387 e. The summed E-state index contributed by atoms with van der Waals surface area (Å²) in [5, 5.41) is 3.25. The summed E-state index contributed by atoms with van der Waals surface area (Å²) in [6.45, 7) is -0.893. The number of rotatable bonds is 6. The van der Waals surface area contributed by atoms with E-state index in [9.17, 15) is 8.78 Å². The molecule has 1 heterocycles. The fraction of sp³-hybridized carbons (Fsp3) is 0.286. The molecule has 2 aromatic rings. The van der Waals surface area contributed by atoms with Crippen LogP contribution in [0.3, 0.4) is 0 Å². The van der Waals surface area contributed by atoms with Crippen LogP contribution in [0.4, 0.5) is 14.5 Å². The summed E-state index contributed by atoms with van der Waals surface area (Å²) < 4.78 is 35.3. The molecule has 0 fully saturated rings. The van der Waals surface area contributed by atoms with Crippen LogP contribution in [0.5, 0.6) is 11.5 Å². The Morgan fingerprint density at radius 1 is 1.19 bits per heavy atom. The van der Waals surface area contributed by atoms with E-state index in [-0.39, 0.29) is 17.5 Å². The summed E-state index contributed by atoms with van der Waals surface area (Å²) in [7, 11) is 1.41. The molecule has 1 atom stereocenters. The number of ether oxygens (including phenoxy) is 2. The summed E-state index contributed by atoms with van der Waals surface area (Å²) in [5.41, 5.74) is 0.684. The lowest BCUT2D eigenvalue weighted by Crippen LogP contribution is -2.07. The molecule has 0 spiro atoms. The van der Waals surface area contributed by atoms with Crippen molar-refractivity contribution in [3.63, 3.8) is 0 Å². The molecule has 1 unspecified atom stereocenters. The number of hydrogen-bond donors (Lipinski definition) is 1. The Hall–Kier alpha value is -1.34. The minimum Gasteiger partial charge on any atom is -0.493 e. The Kier molecular flexibility index (Phi) is 5.41. The summed E-state index contributed by atoms with van der Waals surface area (Å²) in [6, 6.07) is 8.89. The summed E-state index contributed by atoms with van der Waals surface area (Å²) >= 11 is 5.03. The quantitative estimate of drug-likeness (QED) is 0.741. The zero-order chi connectivity index (χ0) is 15.4. The largest absolute Gasteiger partial charge is 0.493 e. The molecule has 0 radical (unpaired) electrons. The van der Waals surface area contributed by atoms with Gasteiger partial charge in [0.2, 0.25) is 0 Å². The number of hydrogen-bond acceptors (Lipinski definition) is 4. The highest BCUT2D eigenvalue weighted by atomic mass is 79.9. The van der Waals surface area contributed by atoms with Crippen LogP contribution in [0.25, 0.3) is 0 Å². The molecule has 1 aromatic carbocycles. The number of thiophene rings is 1. The molecule has 2 rings (SSSR count). The van der Waals surface area contributed by atoms with Gasteiger partial charge in [0.15, 0.2) is 11.5 Å². The Labute approximate surface area is 134 Å². The zero-order valence-corrected chi connectivity index (χ0v) is 13.8. The average molecular weight is 378 g/mol. The van der Waals surface area contributed by atoms with Crippen molar-refractivity contribution in [2.75, 3.05) is 12.4 Å². The van der Waals surface area contributed by atoms with Gasteiger partial charge in [-0.15, -0.1) is 11.3 Å². The molecule has 0 aliphatic carbocycles. The molecular formula is C14H14BrF2NO2S. The van der Waals surface area contributed by atoms with Crippen molar-refractivity contribution in [3.05, 3.63) is 39.0 Å². The zero-order valence-electron chi connectivity index (χ0n) is 11.4. The predicted octanol–water partition coefficient (Wildman–Crippen LogP) is 5.29. The van der Waals surface area contributed by atoms with E-state index in [0.29, 0.717) is 5.69 Å². The molecule has 0 saturated heterocycles. The van der Waals surface area contributed by atoms with E-state index >= 15 is 0 Å². The number of halogens is 3. The fourth-order valence-corrected chi connectivity index (χ4v) is 3.26. The summed E-state index contributed by atoms with van der Waals surface area (Å²) in [5.74, 6) is 0.282. The van der Waals surface area contributed by atoms with E-state index < -0.39 is 6.61 Å². The maximum atomic E-state index is 12.4. The highest BCUT2D eigenvalue weighted by Gasteiger charge is 2.13. The standard InChI is InChI=1S/C14H14BrF2NO2S/c1-8(12-5-6-13(15)21-12)18-9-3-4-10(19-2)11(7-9)20-14(16)17/h3-8,14,18H,1-2H3. The van der Waals surface area contributed by atoms with Crippen LogP contribution < -0.4 is 14.8 Å². The molecule has 3 nitrogen and oxygen atoms in total. The van der Waals surface area contributed by atoms with Gasteiger partial charge in [0.1, 0.15) is 0 Å². The van der Waals surface area contributed by atoms with Gasteiger partial charge < -0.3 is 14.8 Å². The molecule has 1 N–H and O–H groups in total. The van der Waals surface area contributed by atoms with Crippen LogP contribution in [0.1, 0.15) is 17.8 Å². The Balaban J connectivity index is 2.16. The van der Waals surface area contributed by atoms with Crippen molar-refractivity contribution < 1.29 is 18.3 Å². The van der Waals surface area contributed by atoms with Gasteiger partial charge >= 0.3 is 6.61 Å². The van der Waals surface area contributed by atoms with E-state index in [1.807, 2.05) is 19.1 Å². The topological polar surface area (TPSA) is 30.5 Å². The van der Waals surface area contributed by atoms with Gasteiger partial charge in [-0.1, -0.05) is 0 Å². The first-order valence-electron chi connectivity index (χ1n) is 6.14. The monoisotopic (exact) mass is 377 g/mol. The van der Waals surface area contributed by atoms with Crippen LogP contribution >= 0.6 is 27.3 Å². The average Bonchev–Trinajstić information content (AvgIpc) is 2.85. The highest BCUT2D eigenvalue weighted by molar-refractivity contribution is 9.11. The summed E-state index contributed by atoms with van der Waals surface area (Å²) in [4.78, 5) is 1.13. The van der Waals surface area contributed by atoms with Crippen molar-refractivity contribution >= 4 is 33.0 Å². The molecule has 7 heteroatoms. The molecule has 0 saturated carbocycles. The van der Waals surface area contributed by atoms with Gasteiger partial charge in [0.25, 0.3) is 0 Å². The van der Waals surface area contributed by atoms with E-state index in [1.165, 1.54) is 13.2 Å². The van der Waals surface area contributed by atoms with Crippen molar-refractivity contribution in [1.29, 1.82) is 0 Å². The minimum atomic E-state index is -2.89. The number of methoxy groups -OCH3 is 1. The van der Waals surface area contributed by atoms with Gasteiger partial charge in [-0.2, -0.15) is 8.78 Å². The molecule has 1 aromatic heterocycles. The molecule has 21 heavy (non-hydrogen) atoms. The SMILES string of the molecule is COc1ccc(NC(C)c2ccc(Br)s2)cc1OC(F)F. The maximum absolute atomic E-state index is 12.4. The Morgan fingerprint density at radius 3 is 2.52 bits per heavy atom. The summed E-state index contributed by atoms with van der Waals surface area (Å²) in [6.07, 6.45) is 0. The molecule has 0 aliphatic heterocycles. The first kappa shape index (κ1) is 16.0. The minimum absolute atomic E-state index is 0.0112. The van der Waals surface area contributed by atoms with E-state index in [4.69, 9.17) is 4.74 Å². The molecule has 0 amide bonds. The van der Waals surface area contributed by atoms with Gasteiger partial charge in [-0.05, 0) is 47.1 Å². The Morgan fingerprint density at radius 2 is 1.95 bits per heavy atom. The lowest BCUT2D eigenvalue weighted by Gasteiger charge is -2.16. The first-order valence-corrected chi connectivity index (χ1v) is 7.75. The van der Waals surface area contributed by atoms with Crippen molar-refractivity contribution in [2.24, 2.45) is 0 Å². The third-order valence-corrected chi connectivity index (χ3v) is 4.59. The smallest absolute Gasteiger partial charge is 0.387 e. The number of benzene rings is 1. The second-order valence-electron chi connectivity index (χ2n) is 4.25. The number of alkyl halides is 2. The van der Waals surface area contributed by atoms with Gasteiger partial charge in [-0.25, -0.2) is 0 Å². The lowest BCUT2D eigenvalue weighted by atomic mass is 10.2. The van der Waals surface area contributed by atoms with Crippen LogP contribution in [0, 0.1) is 0 Å². The van der Waals surface area contributed by atoms with E-state index in [0.717, 1.165) is 8.66 Å². The van der Waals surface area contributed by atoms with Gasteiger partial charge in [-0.3, -0.25) is 0 Å². The Bertz CT molecular complexity index is 606. The second kappa shape index (κ2) is 7.09. The van der Waals surface area contributed by atoms with Crippen LogP contribution in [0.15, 0.2) is 34.1 Å².